The molecule has 17 heavy (non-hydrogen) atoms. The van der Waals surface area contributed by atoms with Gasteiger partial charge in [-0.3, -0.25) is 0 Å². The van der Waals surface area contributed by atoms with Gasteiger partial charge in [0.05, 0.1) is 0 Å². The molecule has 2 heteroatoms. The molecule has 0 bridgehead atoms. The van der Waals surface area contributed by atoms with E-state index in [0.717, 1.165) is 27.8 Å². The molecule has 0 unspecified atom stereocenters. The third-order valence-electron chi connectivity index (χ3n) is 2.92. The molecule has 2 aromatic carbocycles. The highest BCUT2D eigenvalue weighted by molar-refractivity contribution is 5.71. The van der Waals surface area contributed by atoms with Crippen molar-refractivity contribution in [2.45, 2.75) is 20.8 Å². The van der Waals surface area contributed by atoms with Gasteiger partial charge in [0.2, 0.25) is 0 Å². The molecule has 2 N–H and O–H groups in total. The van der Waals surface area contributed by atoms with E-state index in [0.29, 0.717) is 0 Å². The van der Waals surface area contributed by atoms with E-state index in [1.54, 1.807) is 18.2 Å². The topological polar surface area (TPSA) is 40.5 Å². The summed E-state index contributed by atoms with van der Waals surface area (Å²) in [6, 6.07) is 9.12. The van der Waals surface area contributed by atoms with Gasteiger partial charge in [-0.2, -0.15) is 0 Å². The van der Waals surface area contributed by atoms with Gasteiger partial charge in [0, 0.05) is 0 Å². The molecule has 0 aliphatic carbocycles. The molecule has 0 saturated heterocycles. The fourth-order valence-electron chi connectivity index (χ4n) is 2.07. The summed E-state index contributed by atoms with van der Waals surface area (Å²) in [5, 5.41) is 19.4. The van der Waals surface area contributed by atoms with Crippen LogP contribution in [-0.2, 0) is 0 Å². The Kier molecular flexibility index (Phi) is 2.80. The van der Waals surface area contributed by atoms with Gasteiger partial charge < -0.3 is 10.2 Å². The minimum absolute atomic E-state index is 0.250. The second-order valence-electron chi connectivity index (χ2n) is 4.51. The van der Waals surface area contributed by atoms with Crippen molar-refractivity contribution in [3.05, 3.63) is 47.0 Å². The van der Waals surface area contributed by atoms with Crippen LogP contribution in [0, 0.1) is 20.8 Å². The number of phenols is 2. The van der Waals surface area contributed by atoms with E-state index in [4.69, 9.17) is 0 Å². The summed E-state index contributed by atoms with van der Waals surface area (Å²) in [7, 11) is 0. The summed E-state index contributed by atoms with van der Waals surface area (Å²) in [6.45, 7) is 5.81. The molecule has 0 aliphatic rings. The van der Waals surface area contributed by atoms with E-state index in [1.807, 2.05) is 32.9 Å². The minimum atomic E-state index is 0.250. The Bertz CT molecular complexity index is 551. The highest BCUT2D eigenvalue weighted by Gasteiger charge is 2.07. The summed E-state index contributed by atoms with van der Waals surface area (Å²) in [5.41, 5.74) is 4.83. The Morgan fingerprint density at radius 1 is 0.765 bits per heavy atom. The van der Waals surface area contributed by atoms with Crippen LogP contribution in [-0.4, -0.2) is 10.2 Å². The van der Waals surface area contributed by atoms with Crippen LogP contribution >= 0.6 is 0 Å². The SMILES string of the molecule is Cc1cc(O)cc(-c2cc(O)c(C)cc2C)c1. The summed E-state index contributed by atoms with van der Waals surface area (Å²) >= 11 is 0. The van der Waals surface area contributed by atoms with Crippen molar-refractivity contribution in [2.75, 3.05) is 0 Å². The zero-order valence-electron chi connectivity index (χ0n) is 10.3. The van der Waals surface area contributed by atoms with Crippen molar-refractivity contribution < 1.29 is 10.2 Å². The number of phenolic OH excluding ortho intramolecular Hbond substituents is 2. The molecular formula is C15H16O2. The van der Waals surface area contributed by atoms with Gasteiger partial charge in [-0.1, -0.05) is 12.1 Å². The van der Waals surface area contributed by atoms with E-state index >= 15 is 0 Å². The first-order valence-electron chi connectivity index (χ1n) is 5.58. The molecule has 88 valence electrons. The van der Waals surface area contributed by atoms with Crippen molar-refractivity contribution in [3.8, 4) is 22.6 Å². The van der Waals surface area contributed by atoms with Crippen LogP contribution in [0.5, 0.6) is 11.5 Å². The summed E-state index contributed by atoms with van der Waals surface area (Å²) in [4.78, 5) is 0. The molecule has 0 heterocycles. The van der Waals surface area contributed by atoms with Crippen molar-refractivity contribution >= 4 is 0 Å². The van der Waals surface area contributed by atoms with Crippen LogP contribution in [0.3, 0.4) is 0 Å². The number of benzene rings is 2. The molecule has 0 spiro atoms. The summed E-state index contributed by atoms with van der Waals surface area (Å²) in [6.07, 6.45) is 0. The first-order chi connectivity index (χ1) is 7.97. The van der Waals surface area contributed by atoms with Gasteiger partial charge in [0.25, 0.3) is 0 Å². The Labute approximate surface area is 101 Å². The van der Waals surface area contributed by atoms with Crippen LogP contribution in [0.1, 0.15) is 16.7 Å². The minimum Gasteiger partial charge on any atom is -0.508 e. The van der Waals surface area contributed by atoms with E-state index < -0.39 is 0 Å². The molecule has 2 nitrogen and oxygen atoms in total. The lowest BCUT2D eigenvalue weighted by molar-refractivity contribution is 0.470. The van der Waals surface area contributed by atoms with Gasteiger partial charge in [0.1, 0.15) is 11.5 Å². The van der Waals surface area contributed by atoms with Gasteiger partial charge in [-0.25, -0.2) is 0 Å². The second-order valence-corrected chi connectivity index (χ2v) is 4.51. The zero-order chi connectivity index (χ0) is 12.6. The standard InChI is InChI=1S/C15H16O2/c1-9-4-12(7-13(16)5-9)14-8-15(17)11(3)6-10(14)2/h4-8,16-17H,1-3H3. The lowest BCUT2D eigenvalue weighted by atomic mass is 9.96. The van der Waals surface area contributed by atoms with Crippen molar-refractivity contribution in [2.24, 2.45) is 0 Å². The van der Waals surface area contributed by atoms with Crippen LogP contribution in [0.25, 0.3) is 11.1 Å². The van der Waals surface area contributed by atoms with Crippen molar-refractivity contribution in [1.82, 2.24) is 0 Å². The zero-order valence-corrected chi connectivity index (χ0v) is 10.3. The number of hydrogen-bond donors (Lipinski definition) is 2. The van der Waals surface area contributed by atoms with E-state index in [1.165, 1.54) is 0 Å². The Morgan fingerprint density at radius 3 is 2.12 bits per heavy atom. The first-order valence-corrected chi connectivity index (χ1v) is 5.58. The van der Waals surface area contributed by atoms with Gasteiger partial charge in [0.15, 0.2) is 0 Å². The summed E-state index contributed by atoms with van der Waals surface area (Å²) in [5.74, 6) is 0.533. The fraction of sp³-hybridized carbons (Fsp3) is 0.200. The Morgan fingerprint density at radius 2 is 1.47 bits per heavy atom. The first kappa shape index (κ1) is 11.5. The maximum Gasteiger partial charge on any atom is 0.119 e. The average molecular weight is 228 g/mol. The van der Waals surface area contributed by atoms with E-state index in [9.17, 15) is 10.2 Å². The third kappa shape index (κ3) is 2.26. The predicted octanol–water partition coefficient (Wildman–Crippen LogP) is 3.69. The van der Waals surface area contributed by atoms with Crippen molar-refractivity contribution in [1.29, 1.82) is 0 Å². The molecular weight excluding hydrogens is 212 g/mol. The molecule has 0 aromatic heterocycles. The lowest BCUT2D eigenvalue weighted by Gasteiger charge is -2.10. The smallest absolute Gasteiger partial charge is 0.119 e. The highest BCUT2D eigenvalue weighted by atomic mass is 16.3. The second kappa shape index (κ2) is 4.13. The normalized spacial score (nSPS) is 10.5. The molecule has 0 aliphatic heterocycles. The fourth-order valence-corrected chi connectivity index (χ4v) is 2.07. The molecule has 2 rings (SSSR count). The number of rotatable bonds is 1. The number of aromatic hydroxyl groups is 2. The van der Waals surface area contributed by atoms with E-state index in [-0.39, 0.29) is 11.5 Å². The lowest BCUT2D eigenvalue weighted by Crippen LogP contribution is -1.87. The van der Waals surface area contributed by atoms with E-state index in [2.05, 4.69) is 0 Å². The number of hydrogen-bond acceptors (Lipinski definition) is 2. The predicted molar refractivity (Wildman–Crippen MR) is 69.4 cm³/mol. The van der Waals surface area contributed by atoms with Gasteiger partial charge in [-0.15, -0.1) is 0 Å². The van der Waals surface area contributed by atoms with Gasteiger partial charge >= 0.3 is 0 Å². The Hall–Kier alpha value is -1.96. The van der Waals surface area contributed by atoms with Gasteiger partial charge in [-0.05, 0) is 66.8 Å². The molecule has 0 atom stereocenters. The van der Waals surface area contributed by atoms with Crippen LogP contribution in [0.4, 0.5) is 0 Å². The monoisotopic (exact) mass is 228 g/mol. The van der Waals surface area contributed by atoms with Crippen LogP contribution < -0.4 is 0 Å². The molecule has 0 amide bonds. The largest absolute Gasteiger partial charge is 0.508 e. The Balaban J connectivity index is 2.64. The van der Waals surface area contributed by atoms with Crippen LogP contribution in [0.15, 0.2) is 30.3 Å². The quantitative estimate of drug-likeness (QED) is 0.781. The molecule has 0 saturated carbocycles. The van der Waals surface area contributed by atoms with Crippen LogP contribution in [0.2, 0.25) is 0 Å². The third-order valence-corrected chi connectivity index (χ3v) is 2.92. The average Bonchev–Trinajstić information content (AvgIpc) is 2.22. The maximum absolute atomic E-state index is 9.76. The molecule has 0 fully saturated rings. The molecule has 2 aromatic rings. The summed E-state index contributed by atoms with van der Waals surface area (Å²) < 4.78 is 0. The maximum atomic E-state index is 9.76. The molecule has 0 radical (unpaired) electrons. The highest BCUT2D eigenvalue weighted by Crippen LogP contribution is 2.32. The number of aryl methyl sites for hydroxylation is 3. The van der Waals surface area contributed by atoms with Crippen molar-refractivity contribution in [3.63, 3.8) is 0 Å².